The molecule has 6 heteroatoms. The maximum absolute atomic E-state index is 13.0. The molecule has 1 N–H and O–H groups in total. The largest absolute Gasteiger partial charge is 0.377 e. The van der Waals surface area contributed by atoms with Crippen molar-refractivity contribution in [1.29, 1.82) is 0 Å². The summed E-state index contributed by atoms with van der Waals surface area (Å²) in [6, 6.07) is 6.06. The molecule has 1 heterocycles. The van der Waals surface area contributed by atoms with Crippen LogP contribution in [0.3, 0.4) is 0 Å². The van der Waals surface area contributed by atoms with E-state index in [-0.39, 0.29) is 29.8 Å². The predicted molar refractivity (Wildman–Crippen MR) is 118 cm³/mol. The van der Waals surface area contributed by atoms with E-state index < -0.39 is 0 Å². The molecular formula is C24H35N3O3. The molecule has 0 aromatic heterocycles. The van der Waals surface area contributed by atoms with Gasteiger partial charge >= 0.3 is 0 Å². The number of amides is 2. The zero-order valence-corrected chi connectivity index (χ0v) is 18.4. The Balaban J connectivity index is 1.52. The van der Waals surface area contributed by atoms with Crippen LogP contribution in [0.4, 0.5) is 11.4 Å². The molecular weight excluding hydrogens is 378 g/mol. The van der Waals surface area contributed by atoms with Crippen LogP contribution in [0.5, 0.6) is 0 Å². The van der Waals surface area contributed by atoms with Gasteiger partial charge in [-0.05, 0) is 62.3 Å². The summed E-state index contributed by atoms with van der Waals surface area (Å²) in [7, 11) is 4.03. The molecule has 1 aromatic carbocycles. The standard InChI is InChI=1S/C24H35N3O3/c1-26(2)22-12-11-20(25-23(28)17-6-3-4-7-17)14-19(22)15-27(24(29)18-9-10-18)16-21-8-5-13-30-21/h11-12,14,17-18,21H,3-10,13,15-16H2,1-2H3,(H,25,28)/t21-/m0/s1. The molecule has 3 fully saturated rings. The molecule has 0 unspecified atom stereocenters. The van der Waals surface area contributed by atoms with Gasteiger partial charge in [0.2, 0.25) is 11.8 Å². The fourth-order valence-electron chi connectivity index (χ4n) is 4.72. The number of hydrogen-bond donors (Lipinski definition) is 1. The van der Waals surface area contributed by atoms with Gasteiger partial charge in [0, 0.05) is 57.0 Å². The van der Waals surface area contributed by atoms with Gasteiger partial charge in [-0.3, -0.25) is 9.59 Å². The van der Waals surface area contributed by atoms with E-state index in [4.69, 9.17) is 4.74 Å². The van der Waals surface area contributed by atoms with E-state index in [2.05, 4.69) is 10.2 Å². The molecule has 0 bridgehead atoms. The van der Waals surface area contributed by atoms with Crippen LogP contribution < -0.4 is 10.2 Å². The molecule has 0 radical (unpaired) electrons. The van der Waals surface area contributed by atoms with Crippen molar-refractivity contribution in [3.8, 4) is 0 Å². The summed E-state index contributed by atoms with van der Waals surface area (Å²) in [6.45, 7) is 2.00. The third-order valence-corrected chi connectivity index (χ3v) is 6.60. The highest BCUT2D eigenvalue weighted by Gasteiger charge is 2.35. The highest BCUT2D eigenvalue weighted by molar-refractivity contribution is 5.93. The molecule has 2 aliphatic carbocycles. The van der Waals surface area contributed by atoms with E-state index in [1.165, 1.54) is 0 Å². The first kappa shape index (κ1) is 21.2. The smallest absolute Gasteiger partial charge is 0.227 e. The van der Waals surface area contributed by atoms with Crippen molar-refractivity contribution in [1.82, 2.24) is 4.90 Å². The summed E-state index contributed by atoms with van der Waals surface area (Å²) in [5.74, 6) is 0.686. The van der Waals surface area contributed by atoms with Gasteiger partial charge in [0.1, 0.15) is 0 Å². The first-order chi connectivity index (χ1) is 14.5. The Morgan fingerprint density at radius 3 is 2.43 bits per heavy atom. The number of carbonyl (C=O) groups excluding carboxylic acids is 2. The third kappa shape index (κ3) is 5.15. The summed E-state index contributed by atoms with van der Waals surface area (Å²) in [5, 5.41) is 3.12. The van der Waals surface area contributed by atoms with E-state index in [1.54, 1.807) is 0 Å². The molecule has 2 amide bonds. The molecule has 1 aliphatic heterocycles. The summed E-state index contributed by atoms with van der Waals surface area (Å²) in [6.07, 6.45) is 8.49. The number of anilines is 2. The summed E-state index contributed by atoms with van der Waals surface area (Å²) >= 11 is 0. The number of nitrogens with one attached hydrogen (secondary N) is 1. The zero-order valence-electron chi connectivity index (χ0n) is 18.4. The van der Waals surface area contributed by atoms with Gasteiger partial charge < -0.3 is 19.9 Å². The first-order valence-electron chi connectivity index (χ1n) is 11.5. The van der Waals surface area contributed by atoms with Gasteiger partial charge in [0.05, 0.1) is 6.10 Å². The molecule has 6 nitrogen and oxygen atoms in total. The fraction of sp³-hybridized carbons (Fsp3) is 0.667. The van der Waals surface area contributed by atoms with Gasteiger partial charge in [-0.25, -0.2) is 0 Å². The molecule has 3 aliphatic rings. The van der Waals surface area contributed by atoms with E-state index >= 15 is 0 Å². The predicted octanol–water partition coefficient (Wildman–Crippen LogP) is 3.80. The Morgan fingerprint density at radius 1 is 1.03 bits per heavy atom. The van der Waals surface area contributed by atoms with Gasteiger partial charge in [0.15, 0.2) is 0 Å². The average Bonchev–Trinajstić information content (AvgIpc) is 3.18. The van der Waals surface area contributed by atoms with Gasteiger partial charge in [0.25, 0.3) is 0 Å². The molecule has 4 rings (SSSR count). The number of ether oxygens (including phenoxy) is 1. The lowest BCUT2D eigenvalue weighted by Gasteiger charge is -2.28. The second kappa shape index (κ2) is 9.38. The first-order valence-corrected chi connectivity index (χ1v) is 11.5. The molecule has 30 heavy (non-hydrogen) atoms. The lowest BCUT2D eigenvalue weighted by atomic mass is 10.1. The van der Waals surface area contributed by atoms with Crippen molar-refractivity contribution in [2.75, 3.05) is 37.5 Å². The van der Waals surface area contributed by atoms with Crippen LogP contribution in [0.15, 0.2) is 18.2 Å². The Morgan fingerprint density at radius 2 is 1.80 bits per heavy atom. The van der Waals surface area contributed by atoms with Crippen molar-refractivity contribution in [2.24, 2.45) is 11.8 Å². The topological polar surface area (TPSA) is 61.9 Å². The van der Waals surface area contributed by atoms with Crippen LogP contribution in [-0.2, 0) is 20.9 Å². The number of carbonyl (C=O) groups is 2. The molecule has 1 atom stereocenters. The summed E-state index contributed by atoms with van der Waals surface area (Å²) < 4.78 is 5.82. The van der Waals surface area contributed by atoms with Crippen LogP contribution >= 0.6 is 0 Å². The second-order valence-corrected chi connectivity index (χ2v) is 9.34. The highest BCUT2D eigenvalue weighted by atomic mass is 16.5. The third-order valence-electron chi connectivity index (χ3n) is 6.60. The van der Waals surface area contributed by atoms with Gasteiger partial charge in [-0.2, -0.15) is 0 Å². The molecule has 1 saturated heterocycles. The number of benzene rings is 1. The van der Waals surface area contributed by atoms with Crippen LogP contribution in [0, 0.1) is 11.8 Å². The van der Waals surface area contributed by atoms with E-state index in [0.717, 1.165) is 74.9 Å². The van der Waals surface area contributed by atoms with Crippen LogP contribution in [0.1, 0.15) is 56.9 Å². The Kier molecular flexibility index (Phi) is 6.61. The lowest BCUT2D eigenvalue weighted by molar-refractivity contribution is -0.134. The van der Waals surface area contributed by atoms with E-state index in [1.807, 2.05) is 37.2 Å². The zero-order chi connectivity index (χ0) is 21.1. The van der Waals surface area contributed by atoms with Crippen molar-refractivity contribution >= 4 is 23.2 Å². The maximum Gasteiger partial charge on any atom is 0.227 e. The maximum atomic E-state index is 13.0. The van der Waals surface area contributed by atoms with Crippen molar-refractivity contribution in [2.45, 2.75) is 64.0 Å². The number of rotatable bonds is 8. The normalized spacial score (nSPS) is 21.6. The fourth-order valence-corrected chi connectivity index (χ4v) is 4.72. The van der Waals surface area contributed by atoms with Crippen molar-refractivity contribution in [3.63, 3.8) is 0 Å². The SMILES string of the molecule is CN(C)c1ccc(NC(=O)C2CCCC2)cc1CN(C[C@@H]1CCCO1)C(=O)C1CC1. The Hall–Kier alpha value is -2.08. The van der Waals surface area contributed by atoms with Gasteiger partial charge in [-0.15, -0.1) is 0 Å². The van der Waals surface area contributed by atoms with Crippen molar-refractivity contribution in [3.05, 3.63) is 23.8 Å². The van der Waals surface area contributed by atoms with E-state index in [0.29, 0.717) is 13.1 Å². The number of hydrogen-bond acceptors (Lipinski definition) is 4. The molecule has 2 saturated carbocycles. The minimum atomic E-state index is 0.126. The van der Waals surface area contributed by atoms with Crippen LogP contribution in [0.2, 0.25) is 0 Å². The van der Waals surface area contributed by atoms with Gasteiger partial charge in [-0.1, -0.05) is 12.8 Å². The van der Waals surface area contributed by atoms with Crippen molar-refractivity contribution < 1.29 is 14.3 Å². The minimum absolute atomic E-state index is 0.126. The molecule has 164 valence electrons. The second-order valence-electron chi connectivity index (χ2n) is 9.34. The van der Waals surface area contributed by atoms with Crippen LogP contribution in [0.25, 0.3) is 0 Å². The quantitative estimate of drug-likeness (QED) is 0.704. The Bertz CT molecular complexity index is 763. The Labute approximate surface area is 179 Å². The molecule has 1 aromatic rings. The average molecular weight is 414 g/mol. The monoisotopic (exact) mass is 413 g/mol. The summed E-state index contributed by atoms with van der Waals surface area (Å²) in [5.41, 5.74) is 2.97. The molecule has 0 spiro atoms. The van der Waals surface area contributed by atoms with Crippen LogP contribution in [-0.4, -0.2) is 50.1 Å². The van der Waals surface area contributed by atoms with E-state index in [9.17, 15) is 9.59 Å². The lowest BCUT2D eigenvalue weighted by Crippen LogP contribution is -2.38. The highest BCUT2D eigenvalue weighted by Crippen LogP contribution is 2.33. The number of nitrogens with zero attached hydrogens (tertiary/aromatic N) is 2. The minimum Gasteiger partial charge on any atom is -0.377 e. The summed E-state index contributed by atoms with van der Waals surface area (Å²) in [4.78, 5) is 29.7.